The van der Waals surface area contributed by atoms with Crippen LogP contribution in [0.2, 0.25) is 5.15 Å². The lowest BCUT2D eigenvalue weighted by Crippen LogP contribution is -2.32. The summed E-state index contributed by atoms with van der Waals surface area (Å²) >= 11 is 5.44. The van der Waals surface area contributed by atoms with Crippen LogP contribution in [0.5, 0.6) is 0 Å². The minimum atomic E-state index is -3.33. The molecule has 0 aliphatic heterocycles. The van der Waals surface area contributed by atoms with Gasteiger partial charge in [-0.25, -0.2) is 27.6 Å². The third-order valence-electron chi connectivity index (χ3n) is 2.46. The number of carboxylic acids is 1. The number of allylic oxidation sites excluding steroid dienone is 2. The van der Waals surface area contributed by atoms with Crippen LogP contribution < -0.4 is 5.73 Å². The normalized spacial score (nSPS) is 20.6. The molecule has 0 amide bonds. The molecule has 0 spiro atoms. The molecule has 1 aromatic rings. The summed E-state index contributed by atoms with van der Waals surface area (Å²) < 4.78 is 34.7. The fraction of sp³-hybridized carbons (Fsp3) is 0.250. The largest absolute Gasteiger partial charge is 0.479 e. The lowest BCUT2D eigenvalue weighted by Gasteiger charge is -2.17. The van der Waals surface area contributed by atoms with Crippen LogP contribution >= 0.6 is 11.6 Å². The summed E-state index contributed by atoms with van der Waals surface area (Å²) in [6, 6.07) is 1.41. The van der Waals surface area contributed by atoms with Crippen LogP contribution in [0, 0.1) is 0 Å². The predicted molar refractivity (Wildman–Crippen MR) is 77.7 cm³/mol. The quantitative estimate of drug-likeness (QED) is 0.605. The van der Waals surface area contributed by atoms with E-state index < -0.39 is 21.5 Å². The maximum absolute atomic E-state index is 13.1. The molecule has 0 saturated carbocycles. The molecule has 0 radical (unpaired) electrons. The first kappa shape index (κ1) is 18.1. The lowest BCUT2D eigenvalue weighted by atomic mass is 9.96. The number of nitrogens with zero attached hydrogens (tertiary/aromatic N) is 2. The number of hydrogen-bond donors (Lipinski definition) is 2. The Morgan fingerprint density at radius 2 is 2.18 bits per heavy atom. The minimum Gasteiger partial charge on any atom is -0.479 e. The van der Waals surface area contributed by atoms with E-state index in [1.54, 1.807) is 0 Å². The van der Waals surface area contributed by atoms with Crippen molar-refractivity contribution in [1.82, 2.24) is 9.97 Å². The number of carboxylic acid groups (broad SMARTS) is 1. The van der Waals surface area contributed by atoms with Crippen molar-refractivity contribution in [2.75, 3.05) is 6.26 Å². The van der Waals surface area contributed by atoms with Crippen molar-refractivity contribution in [2.45, 2.75) is 17.2 Å². The molecular formula is C12H13ClFN3O4S. The average Bonchev–Trinajstić information content (AvgIpc) is 2.42. The number of carbonyl (C=O) groups is 1. The van der Waals surface area contributed by atoms with Crippen LogP contribution in [0.4, 0.5) is 4.39 Å². The molecule has 22 heavy (non-hydrogen) atoms. The molecule has 1 atom stereocenters. The Labute approximate surface area is 131 Å². The van der Waals surface area contributed by atoms with E-state index >= 15 is 0 Å². The summed E-state index contributed by atoms with van der Waals surface area (Å²) in [5.74, 6) is -1.47. The van der Waals surface area contributed by atoms with Crippen LogP contribution in [-0.2, 0) is 14.6 Å². The van der Waals surface area contributed by atoms with Gasteiger partial charge in [-0.3, -0.25) is 0 Å². The summed E-state index contributed by atoms with van der Waals surface area (Å²) in [6.45, 7) is 0. The molecule has 0 fully saturated rings. The van der Waals surface area contributed by atoms with Gasteiger partial charge in [-0.15, -0.1) is 0 Å². The summed E-state index contributed by atoms with van der Waals surface area (Å²) in [5.41, 5.74) is 3.41. The predicted octanol–water partition coefficient (Wildman–Crippen LogP) is 1.12. The van der Waals surface area contributed by atoms with Crippen molar-refractivity contribution in [2.24, 2.45) is 5.73 Å². The van der Waals surface area contributed by atoms with Crippen molar-refractivity contribution in [3.05, 3.63) is 41.3 Å². The van der Waals surface area contributed by atoms with Crippen molar-refractivity contribution >= 4 is 27.4 Å². The first-order valence-electron chi connectivity index (χ1n) is 5.80. The molecular weight excluding hydrogens is 337 g/mol. The highest BCUT2D eigenvalue weighted by molar-refractivity contribution is 7.90. The summed E-state index contributed by atoms with van der Waals surface area (Å²) in [7, 11) is -3.33. The average molecular weight is 350 g/mol. The number of aromatic nitrogens is 2. The van der Waals surface area contributed by atoms with E-state index in [1.807, 2.05) is 0 Å². The smallest absolute Gasteiger partial charge is 0.345 e. The van der Waals surface area contributed by atoms with Gasteiger partial charge in [0, 0.05) is 24.6 Å². The van der Waals surface area contributed by atoms with E-state index in [0.29, 0.717) is 5.70 Å². The molecule has 2 rings (SSSR count). The van der Waals surface area contributed by atoms with Gasteiger partial charge in [-0.2, -0.15) is 0 Å². The second kappa shape index (κ2) is 6.84. The molecule has 1 heterocycles. The lowest BCUT2D eigenvalue weighted by molar-refractivity contribution is -0.147. The van der Waals surface area contributed by atoms with E-state index in [0.717, 1.165) is 12.3 Å². The number of sulfone groups is 1. The van der Waals surface area contributed by atoms with Gasteiger partial charge >= 0.3 is 5.97 Å². The Morgan fingerprint density at radius 1 is 1.55 bits per heavy atom. The van der Waals surface area contributed by atoms with Gasteiger partial charge in [-0.05, 0) is 18.2 Å². The summed E-state index contributed by atoms with van der Waals surface area (Å²) in [5, 5.41) is 8.27. The third kappa shape index (κ3) is 5.08. The second-order valence-corrected chi connectivity index (χ2v) is 6.64. The summed E-state index contributed by atoms with van der Waals surface area (Å²) in [6.07, 6.45) is 5.71. The SMILES string of the molecule is CS(=O)(=O)c1nccc(Cl)n1.NC1=CCC(F)(C(=O)O)C=C1. The molecule has 0 bridgehead atoms. The maximum atomic E-state index is 13.1. The van der Waals surface area contributed by atoms with Crippen molar-refractivity contribution in [1.29, 1.82) is 0 Å². The van der Waals surface area contributed by atoms with Gasteiger partial charge in [0.15, 0.2) is 0 Å². The molecule has 1 unspecified atom stereocenters. The number of aliphatic carboxylic acids is 1. The molecule has 10 heteroatoms. The standard InChI is InChI=1S/C7H8FNO2.C5H5ClN2O2S/c8-7(6(10)11)3-1-5(9)2-4-7;1-11(9,10)5-7-3-2-4(6)8-5/h1-3H,4,9H2,(H,10,11);2-3H,1H3. The minimum absolute atomic E-state index is 0.125. The molecule has 0 aromatic carbocycles. The van der Waals surface area contributed by atoms with Crippen LogP contribution in [0.3, 0.4) is 0 Å². The maximum Gasteiger partial charge on any atom is 0.345 e. The van der Waals surface area contributed by atoms with E-state index in [2.05, 4.69) is 9.97 Å². The van der Waals surface area contributed by atoms with Gasteiger partial charge in [0.1, 0.15) is 5.15 Å². The van der Waals surface area contributed by atoms with E-state index in [1.165, 1.54) is 24.4 Å². The molecule has 1 aliphatic rings. The number of alkyl halides is 1. The first-order valence-corrected chi connectivity index (χ1v) is 8.07. The monoisotopic (exact) mass is 349 g/mol. The van der Waals surface area contributed by atoms with Gasteiger partial charge in [-0.1, -0.05) is 17.7 Å². The second-order valence-electron chi connectivity index (χ2n) is 4.34. The van der Waals surface area contributed by atoms with Crippen LogP contribution in [0.1, 0.15) is 6.42 Å². The topological polar surface area (TPSA) is 123 Å². The van der Waals surface area contributed by atoms with Gasteiger partial charge < -0.3 is 10.8 Å². The van der Waals surface area contributed by atoms with Crippen LogP contribution in [-0.4, -0.2) is 41.4 Å². The zero-order valence-corrected chi connectivity index (χ0v) is 13.0. The zero-order chi connectivity index (χ0) is 17.0. The first-order chi connectivity index (χ1) is 10.0. The van der Waals surface area contributed by atoms with E-state index in [9.17, 15) is 17.6 Å². The van der Waals surface area contributed by atoms with Crippen molar-refractivity contribution in [3.63, 3.8) is 0 Å². The van der Waals surface area contributed by atoms with Crippen LogP contribution in [0.25, 0.3) is 0 Å². The molecule has 3 N–H and O–H groups in total. The van der Waals surface area contributed by atoms with E-state index in [4.69, 9.17) is 22.4 Å². The van der Waals surface area contributed by atoms with E-state index in [-0.39, 0.29) is 16.7 Å². The Kier molecular flexibility index (Phi) is 5.61. The summed E-state index contributed by atoms with van der Waals surface area (Å²) in [4.78, 5) is 17.3. The Balaban J connectivity index is 0.000000220. The molecule has 7 nitrogen and oxygen atoms in total. The van der Waals surface area contributed by atoms with Gasteiger partial charge in [0.25, 0.3) is 0 Å². The highest BCUT2D eigenvalue weighted by Gasteiger charge is 2.36. The Bertz CT molecular complexity index is 736. The molecule has 120 valence electrons. The van der Waals surface area contributed by atoms with Crippen molar-refractivity contribution < 1.29 is 22.7 Å². The van der Waals surface area contributed by atoms with Crippen molar-refractivity contribution in [3.8, 4) is 0 Å². The van der Waals surface area contributed by atoms with Gasteiger partial charge in [0.2, 0.25) is 20.7 Å². The van der Waals surface area contributed by atoms with Crippen LogP contribution in [0.15, 0.2) is 41.3 Å². The number of rotatable bonds is 2. The van der Waals surface area contributed by atoms with Gasteiger partial charge in [0.05, 0.1) is 0 Å². The highest BCUT2D eigenvalue weighted by Crippen LogP contribution is 2.23. The highest BCUT2D eigenvalue weighted by atomic mass is 35.5. The molecule has 1 aliphatic carbocycles. The number of hydrogen-bond acceptors (Lipinski definition) is 6. The Morgan fingerprint density at radius 3 is 2.55 bits per heavy atom. The Hall–Kier alpha value is -2.00. The number of halogens is 2. The fourth-order valence-corrected chi connectivity index (χ4v) is 1.99. The third-order valence-corrected chi connectivity index (χ3v) is 3.53. The molecule has 0 saturated heterocycles. The zero-order valence-electron chi connectivity index (χ0n) is 11.4. The fourth-order valence-electron chi connectivity index (χ4n) is 1.29. The number of nitrogens with two attached hydrogens (primary N) is 1. The molecule has 1 aromatic heterocycles.